The summed E-state index contributed by atoms with van der Waals surface area (Å²) in [6, 6.07) is 7.67. The Balaban J connectivity index is 2.89. The van der Waals surface area contributed by atoms with Crippen LogP contribution >= 0.6 is 12.6 Å². The van der Waals surface area contributed by atoms with Crippen molar-refractivity contribution in [1.29, 1.82) is 0 Å². The highest BCUT2D eigenvalue weighted by molar-refractivity contribution is 7.84. The lowest BCUT2D eigenvalue weighted by molar-refractivity contribution is 0.340. The molecule has 2 N–H and O–H groups in total. The molecule has 76 valence electrons. The predicted octanol–water partition coefficient (Wildman–Crippen LogP) is 2.66. The van der Waals surface area contributed by atoms with Crippen molar-refractivity contribution < 1.29 is 4.74 Å². The molecule has 0 bridgehead atoms. The first-order valence-electron chi connectivity index (χ1n) is 4.53. The molecule has 0 fully saturated rings. The SMILES string of the molecule is CCOc1ccc(/C(N)=C(\C)S)cc1. The number of benzene rings is 1. The first kappa shape index (κ1) is 11.0. The van der Waals surface area contributed by atoms with Crippen LogP contribution in [0.4, 0.5) is 0 Å². The highest BCUT2D eigenvalue weighted by Crippen LogP contribution is 2.19. The minimum absolute atomic E-state index is 0.677. The molecule has 2 nitrogen and oxygen atoms in total. The number of nitrogens with two attached hydrogens (primary N) is 1. The van der Waals surface area contributed by atoms with E-state index in [-0.39, 0.29) is 0 Å². The molecular formula is C11H15NOS. The Morgan fingerprint density at radius 2 is 1.93 bits per heavy atom. The van der Waals surface area contributed by atoms with Crippen LogP contribution in [-0.4, -0.2) is 6.61 Å². The largest absolute Gasteiger partial charge is 0.494 e. The highest BCUT2D eigenvalue weighted by Gasteiger charge is 1.99. The molecule has 0 spiro atoms. The van der Waals surface area contributed by atoms with Gasteiger partial charge in [0.15, 0.2) is 0 Å². The van der Waals surface area contributed by atoms with Gasteiger partial charge in [-0.25, -0.2) is 0 Å². The van der Waals surface area contributed by atoms with Crippen LogP contribution in [0.25, 0.3) is 5.70 Å². The maximum atomic E-state index is 5.82. The van der Waals surface area contributed by atoms with Crippen LogP contribution in [0.5, 0.6) is 5.75 Å². The molecule has 0 atom stereocenters. The van der Waals surface area contributed by atoms with Crippen molar-refractivity contribution in [1.82, 2.24) is 0 Å². The van der Waals surface area contributed by atoms with E-state index in [1.807, 2.05) is 38.1 Å². The second-order valence-electron chi connectivity index (χ2n) is 2.96. The fourth-order valence-corrected chi connectivity index (χ4v) is 1.24. The van der Waals surface area contributed by atoms with Gasteiger partial charge in [-0.05, 0) is 43.7 Å². The fourth-order valence-electron chi connectivity index (χ4n) is 1.11. The molecule has 0 amide bonds. The maximum Gasteiger partial charge on any atom is 0.119 e. The lowest BCUT2D eigenvalue weighted by Gasteiger charge is -2.06. The van der Waals surface area contributed by atoms with Crippen LogP contribution in [0.2, 0.25) is 0 Å². The van der Waals surface area contributed by atoms with E-state index in [0.29, 0.717) is 12.3 Å². The average Bonchev–Trinajstić information content (AvgIpc) is 2.18. The lowest BCUT2D eigenvalue weighted by atomic mass is 10.1. The van der Waals surface area contributed by atoms with E-state index in [0.717, 1.165) is 16.2 Å². The highest BCUT2D eigenvalue weighted by atomic mass is 32.1. The minimum atomic E-state index is 0.677. The first-order valence-corrected chi connectivity index (χ1v) is 4.98. The van der Waals surface area contributed by atoms with Crippen LogP contribution in [0.15, 0.2) is 29.2 Å². The van der Waals surface area contributed by atoms with Crippen LogP contribution < -0.4 is 10.5 Å². The topological polar surface area (TPSA) is 35.2 Å². The molecule has 1 aromatic carbocycles. The van der Waals surface area contributed by atoms with Gasteiger partial charge in [-0.2, -0.15) is 0 Å². The third kappa shape index (κ3) is 2.70. The van der Waals surface area contributed by atoms with Gasteiger partial charge in [0, 0.05) is 10.6 Å². The van der Waals surface area contributed by atoms with E-state index in [2.05, 4.69) is 12.6 Å². The Bertz CT molecular complexity index is 326. The molecule has 0 aliphatic rings. The Morgan fingerprint density at radius 3 is 2.36 bits per heavy atom. The number of hydrogen-bond donors (Lipinski definition) is 2. The third-order valence-corrected chi connectivity index (χ3v) is 2.11. The van der Waals surface area contributed by atoms with Crippen molar-refractivity contribution in [3.05, 3.63) is 34.7 Å². The van der Waals surface area contributed by atoms with Gasteiger partial charge in [-0.3, -0.25) is 0 Å². The summed E-state index contributed by atoms with van der Waals surface area (Å²) in [5.41, 5.74) is 7.50. The predicted molar refractivity (Wildman–Crippen MR) is 63.4 cm³/mol. The molecule has 0 aliphatic carbocycles. The number of thiol groups is 1. The van der Waals surface area contributed by atoms with Crippen molar-refractivity contribution in [2.45, 2.75) is 13.8 Å². The van der Waals surface area contributed by atoms with Crippen LogP contribution in [-0.2, 0) is 0 Å². The standard InChI is InChI=1S/C11H15NOS/c1-3-13-10-6-4-9(5-7-10)11(12)8(2)14/h4-7,14H,3,12H2,1-2H3/b11-8-. The molecule has 0 heterocycles. The zero-order valence-corrected chi connectivity index (χ0v) is 9.34. The fraction of sp³-hybridized carbons (Fsp3) is 0.273. The summed E-state index contributed by atoms with van der Waals surface area (Å²) in [5.74, 6) is 0.862. The summed E-state index contributed by atoms with van der Waals surface area (Å²) in [4.78, 5) is 0.828. The molecule has 0 radical (unpaired) electrons. The molecular weight excluding hydrogens is 194 g/mol. The first-order chi connectivity index (χ1) is 6.65. The van der Waals surface area contributed by atoms with Gasteiger partial charge in [0.2, 0.25) is 0 Å². The van der Waals surface area contributed by atoms with Crippen LogP contribution in [0.1, 0.15) is 19.4 Å². The van der Waals surface area contributed by atoms with Crippen LogP contribution in [0.3, 0.4) is 0 Å². The molecule has 1 rings (SSSR count). The van der Waals surface area contributed by atoms with E-state index in [4.69, 9.17) is 10.5 Å². The summed E-state index contributed by atoms with van der Waals surface area (Å²) in [6.45, 7) is 4.51. The Labute approximate surface area is 90.2 Å². The second-order valence-corrected chi connectivity index (χ2v) is 3.63. The van der Waals surface area contributed by atoms with E-state index in [9.17, 15) is 0 Å². The second kappa shape index (κ2) is 4.96. The Morgan fingerprint density at radius 1 is 1.36 bits per heavy atom. The third-order valence-electron chi connectivity index (χ3n) is 1.87. The van der Waals surface area contributed by atoms with Crippen molar-refractivity contribution in [3.63, 3.8) is 0 Å². The number of hydrogen-bond acceptors (Lipinski definition) is 3. The average molecular weight is 209 g/mol. The number of allylic oxidation sites excluding steroid dienone is 1. The van der Waals surface area contributed by atoms with Crippen molar-refractivity contribution in [2.24, 2.45) is 5.73 Å². The molecule has 1 aromatic rings. The van der Waals surface area contributed by atoms with Crippen LogP contribution in [0, 0.1) is 0 Å². The monoisotopic (exact) mass is 209 g/mol. The van der Waals surface area contributed by atoms with E-state index < -0.39 is 0 Å². The Kier molecular flexibility index (Phi) is 3.89. The molecule has 0 saturated carbocycles. The van der Waals surface area contributed by atoms with Gasteiger partial charge in [-0.1, -0.05) is 0 Å². The smallest absolute Gasteiger partial charge is 0.119 e. The van der Waals surface area contributed by atoms with Gasteiger partial charge >= 0.3 is 0 Å². The van der Waals surface area contributed by atoms with Gasteiger partial charge in [0.25, 0.3) is 0 Å². The summed E-state index contributed by atoms with van der Waals surface area (Å²) in [5, 5.41) is 0. The zero-order valence-electron chi connectivity index (χ0n) is 8.45. The number of ether oxygens (including phenoxy) is 1. The van der Waals surface area contributed by atoms with Crippen molar-refractivity contribution >= 4 is 18.3 Å². The maximum absolute atomic E-state index is 5.82. The molecule has 0 saturated heterocycles. The van der Waals surface area contributed by atoms with E-state index >= 15 is 0 Å². The van der Waals surface area contributed by atoms with E-state index in [1.165, 1.54) is 0 Å². The summed E-state index contributed by atoms with van der Waals surface area (Å²) < 4.78 is 5.33. The molecule has 14 heavy (non-hydrogen) atoms. The van der Waals surface area contributed by atoms with Gasteiger partial charge in [0.1, 0.15) is 5.75 Å². The minimum Gasteiger partial charge on any atom is -0.494 e. The van der Waals surface area contributed by atoms with Gasteiger partial charge in [-0.15, -0.1) is 12.6 Å². The number of rotatable bonds is 3. The van der Waals surface area contributed by atoms with Gasteiger partial charge in [0.05, 0.1) is 6.61 Å². The quantitative estimate of drug-likeness (QED) is 0.751. The summed E-state index contributed by atoms with van der Waals surface area (Å²) in [6.07, 6.45) is 0. The zero-order chi connectivity index (χ0) is 10.6. The molecule has 0 aromatic heterocycles. The van der Waals surface area contributed by atoms with Gasteiger partial charge < -0.3 is 10.5 Å². The molecule has 3 heteroatoms. The normalized spacial score (nSPS) is 12.2. The lowest BCUT2D eigenvalue weighted by Crippen LogP contribution is -1.98. The Hall–Kier alpha value is -1.09. The van der Waals surface area contributed by atoms with E-state index in [1.54, 1.807) is 0 Å². The molecule has 0 unspecified atom stereocenters. The molecule has 0 aliphatic heterocycles. The van der Waals surface area contributed by atoms with Crippen molar-refractivity contribution in [3.8, 4) is 5.75 Å². The summed E-state index contributed by atoms with van der Waals surface area (Å²) >= 11 is 4.19. The van der Waals surface area contributed by atoms with Crippen molar-refractivity contribution in [2.75, 3.05) is 6.61 Å². The summed E-state index contributed by atoms with van der Waals surface area (Å²) in [7, 11) is 0.